The van der Waals surface area contributed by atoms with Crippen molar-refractivity contribution in [2.24, 2.45) is 0 Å². The standard InChI is InChI=1S/C12H11N3O/c16-12(10-4-3-6-13-8-10)15-9-11-5-1-2-7-14-11/h1-8H,9H2,(H,15,16). The summed E-state index contributed by atoms with van der Waals surface area (Å²) in [7, 11) is 0. The molecule has 0 spiro atoms. The minimum atomic E-state index is -0.140. The van der Waals surface area contributed by atoms with Crippen LogP contribution in [0.3, 0.4) is 0 Å². The van der Waals surface area contributed by atoms with Crippen LogP contribution in [0.4, 0.5) is 0 Å². The van der Waals surface area contributed by atoms with Crippen LogP contribution in [0, 0.1) is 0 Å². The van der Waals surface area contributed by atoms with E-state index in [1.807, 2.05) is 18.2 Å². The molecule has 0 aromatic carbocycles. The third-order valence-electron chi connectivity index (χ3n) is 2.08. The van der Waals surface area contributed by atoms with E-state index < -0.39 is 0 Å². The van der Waals surface area contributed by atoms with E-state index in [4.69, 9.17) is 0 Å². The zero-order valence-electron chi connectivity index (χ0n) is 8.63. The van der Waals surface area contributed by atoms with Crippen LogP contribution >= 0.6 is 0 Å². The Kier molecular flexibility index (Phi) is 3.23. The molecule has 0 aliphatic carbocycles. The van der Waals surface area contributed by atoms with Crippen molar-refractivity contribution in [3.05, 3.63) is 60.2 Å². The number of hydrogen-bond donors (Lipinski definition) is 1. The maximum atomic E-state index is 11.6. The van der Waals surface area contributed by atoms with Crippen molar-refractivity contribution in [3.63, 3.8) is 0 Å². The zero-order chi connectivity index (χ0) is 11.2. The van der Waals surface area contributed by atoms with Crippen molar-refractivity contribution in [3.8, 4) is 0 Å². The van der Waals surface area contributed by atoms with E-state index in [9.17, 15) is 4.79 Å². The Hall–Kier alpha value is -2.23. The Labute approximate surface area is 93.4 Å². The molecule has 80 valence electrons. The highest BCUT2D eigenvalue weighted by molar-refractivity contribution is 5.93. The van der Waals surface area contributed by atoms with E-state index in [0.717, 1.165) is 5.69 Å². The fraction of sp³-hybridized carbons (Fsp3) is 0.0833. The molecule has 0 unspecified atom stereocenters. The molecule has 1 amide bonds. The van der Waals surface area contributed by atoms with Gasteiger partial charge in [-0.1, -0.05) is 6.07 Å². The first-order valence-corrected chi connectivity index (χ1v) is 4.94. The van der Waals surface area contributed by atoms with Gasteiger partial charge in [0.1, 0.15) is 0 Å². The molecular weight excluding hydrogens is 202 g/mol. The Bertz CT molecular complexity index is 456. The number of rotatable bonds is 3. The van der Waals surface area contributed by atoms with Crippen molar-refractivity contribution in [1.82, 2.24) is 15.3 Å². The highest BCUT2D eigenvalue weighted by atomic mass is 16.1. The number of nitrogens with one attached hydrogen (secondary N) is 1. The summed E-state index contributed by atoms with van der Waals surface area (Å²) in [5.74, 6) is -0.140. The first-order chi connectivity index (χ1) is 7.86. The van der Waals surface area contributed by atoms with Gasteiger partial charge in [0.25, 0.3) is 5.91 Å². The predicted molar refractivity (Wildman–Crippen MR) is 59.6 cm³/mol. The molecule has 0 aliphatic rings. The second-order valence-electron chi connectivity index (χ2n) is 3.25. The molecule has 16 heavy (non-hydrogen) atoms. The van der Waals surface area contributed by atoms with E-state index in [1.54, 1.807) is 24.5 Å². The third kappa shape index (κ3) is 2.63. The second kappa shape index (κ2) is 5.02. The largest absolute Gasteiger partial charge is 0.346 e. The molecule has 0 atom stereocenters. The minimum Gasteiger partial charge on any atom is -0.346 e. The number of carbonyl (C=O) groups is 1. The number of hydrogen-bond acceptors (Lipinski definition) is 3. The zero-order valence-corrected chi connectivity index (χ0v) is 8.63. The molecule has 4 heteroatoms. The highest BCUT2D eigenvalue weighted by Gasteiger charge is 2.04. The molecule has 4 nitrogen and oxygen atoms in total. The number of aromatic nitrogens is 2. The second-order valence-corrected chi connectivity index (χ2v) is 3.25. The SMILES string of the molecule is O=C(NCc1ccccn1)c1cccnc1. The first kappa shape index (κ1) is 10.3. The number of carbonyl (C=O) groups excluding carboxylic acids is 1. The van der Waals surface area contributed by atoms with Crippen LogP contribution in [0.25, 0.3) is 0 Å². The van der Waals surface area contributed by atoms with Gasteiger partial charge in [-0.3, -0.25) is 14.8 Å². The highest BCUT2D eigenvalue weighted by Crippen LogP contribution is 1.97. The molecule has 0 saturated carbocycles. The average Bonchev–Trinajstić information content (AvgIpc) is 2.38. The Morgan fingerprint density at radius 3 is 2.81 bits per heavy atom. The molecule has 0 fully saturated rings. The van der Waals surface area contributed by atoms with Gasteiger partial charge in [-0.05, 0) is 24.3 Å². The van der Waals surface area contributed by atoms with Crippen molar-refractivity contribution in [2.45, 2.75) is 6.54 Å². The Morgan fingerprint density at radius 2 is 2.12 bits per heavy atom. The van der Waals surface area contributed by atoms with Gasteiger partial charge in [0, 0.05) is 18.6 Å². The molecule has 2 heterocycles. The van der Waals surface area contributed by atoms with Crippen LogP contribution < -0.4 is 5.32 Å². The van der Waals surface area contributed by atoms with Gasteiger partial charge in [0.15, 0.2) is 0 Å². The third-order valence-corrected chi connectivity index (χ3v) is 2.08. The van der Waals surface area contributed by atoms with Crippen LogP contribution in [0.15, 0.2) is 48.9 Å². The predicted octanol–water partition coefficient (Wildman–Crippen LogP) is 1.41. The van der Waals surface area contributed by atoms with E-state index in [0.29, 0.717) is 12.1 Å². The minimum absolute atomic E-state index is 0.140. The molecule has 2 aromatic heterocycles. The maximum Gasteiger partial charge on any atom is 0.253 e. The van der Waals surface area contributed by atoms with Crippen LogP contribution in [0.2, 0.25) is 0 Å². The Morgan fingerprint density at radius 1 is 1.19 bits per heavy atom. The maximum absolute atomic E-state index is 11.6. The molecular formula is C12H11N3O. The van der Waals surface area contributed by atoms with E-state index in [-0.39, 0.29) is 5.91 Å². The summed E-state index contributed by atoms with van der Waals surface area (Å²) in [4.78, 5) is 19.6. The number of amides is 1. The summed E-state index contributed by atoms with van der Waals surface area (Å²) >= 11 is 0. The summed E-state index contributed by atoms with van der Waals surface area (Å²) in [6.45, 7) is 0.425. The summed E-state index contributed by atoms with van der Waals surface area (Å²) in [6.07, 6.45) is 4.87. The van der Waals surface area contributed by atoms with Crippen molar-refractivity contribution in [1.29, 1.82) is 0 Å². The lowest BCUT2D eigenvalue weighted by Crippen LogP contribution is -2.23. The lowest BCUT2D eigenvalue weighted by atomic mass is 10.2. The van der Waals surface area contributed by atoms with Gasteiger partial charge < -0.3 is 5.32 Å². The molecule has 0 saturated heterocycles. The molecule has 0 radical (unpaired) electrons. The number of pyridine rings is 2. The summed E-state index contributed by atoms with van der Waals surface area (Å²) in [5, 5.41) is 2.77. The smallest absolute Gasteiger partial charge is 0.253 e. The fourth-order valence-corrected chi connectivity index (χ4v) is 1.27. The van der Waals surface area contributed by atoms with Gasteiger partial charge in [-0.25, -0.2) is 0 Å². The summed E-state index contributed by atoms with van der Waals surface area (Å²) in [5.41, 5.74) is 1.39. The van der Waals surface area contributed by atoms with E-state index in [1.165, 1.54) is 6.20 Å². The molecule has 1 N–H and O–H groups in total. The molecule has 2 aromatic rings. The number of nitrogens with zero attached hydrogens (tertiary/aromatic N) is 2. The lowest BCUT2D eigenvalue weighted by Gasteiger charge is -2.03. The van der Waals surface area contributed by atoms with Crippen molar-refractivity contribution in [2.75, 3.05) is 0 Å². The first-order valence-electron chi connectivity index (χ1n) is 4.94. The summed E-state index contributed by atoms with van der Waals surface area (Å²) < 4.78 is 0. The normalized spacial score (nSPS) is 9.75. The van der Waals surface area contributed by atoms with Gasteiger partial charge >= 0.3 is 0 Å². The van der Waals surface area contributed by atoms with Gasteiger partial charge in [0.2, 0.25) is 0 Å². The quantitative estimate of drug-likeness (QED) is 0.838. The lowest BCUT2D eigenvalue weighted by molar-refractivity contribution is 0.0950. The average molecular weight is 213 g/mol. The van der Waals surface area contributed by atoms with E-state index >= 15 is 0 Å². The summed E-state index contributed by atoms with van der Waals surface area (Å²) in [6, 6.07) is 9.05. The van der Waals surface area contributed by atoms with Gasteiger partial charge in [-0.2, -0.15) is 0 Å². The van der Waals surface area contributed by atoms with Crippen LogP contribution in [0.1, 0.15) is 16.1 Å². The van der Waals surface area contributed by atoms with E-state index in [2.05, 4.69) is 15.3 Å². The Balaban J connectivity index is 1.95. The molecule has 0 bridgehead atoms. The topological polar surface area (TPSA) is 54.9 Å². The molecule has 2 rings (SSSR count). The van der Waals surface area contributed by atoms with Gasteiger partial charge in [0.05, 0.1) is 17.8 Å². The van der Waals surface area contributed by atoms with Crippen LogP contribution in [0.5, 0.6) is 0 Å². The van der Waals surface area contributed by atoms with Crippen molar-refractivity contribution < 1.29 is 4.79 Å². The monoisotopic (exact) mass is 213 g/mol. The fourth-order valence-electron chi connectivity index (χ4n) is 1.27. The van der Waals surface area contributed by atoms with Crippen LogP contribution in [-0.2, 0) is 6.54 Å². The van der Waals surface area contributed by atoms with Crippen molar-refractivity contribution >= 4 is 5.91 Å². The van der Waals surface area contributed by atoms with Gasteiger partial charge in [-0.15, -0.1) is 0 Å². The molecule has 0 aliphatic heterocycles. The van der Waals surface area contributed by atoms with Crippen LogP contribution in [-0.4, -0.2) is 15.9 Å².